The molecule has 1 aromatic carbocycles. The molecule has 31 heavy (non-hydrogen) atoms. The fourth-order valence-corrected chi connectivity index (χ4v) is 5.68. The number of amides is 1. The Morgan fingerprint density at radius 1 is 1.10 bits per heavy atom. The Morgan fingerprint density at radius 3 is 2.52 bits per heavy atom. The topological polar surface area (TPSA) is 61.9 Å². The average Bonchev–Trinajstić information content (AvgIpc) is 3.12. The number of anilines is 2. The van der Waals surface area contributed by atoms with Gasteiger partial charge in [-0.1, -0.05) is 11.6 Å². The Bertz CT molecular complexity index is 936. The highest BCUT2D eigenvalue weighted by Gasteiger charge is 2.28. The van der Waals surface area contributed by atoms with E-state index in [0.29, 0.717) is 23.7 Å². The summed E-state index contributed by atoms with van der Waals surface area (Å²) in [6.07, 6.45) is 4.04. The third-order valence-electron chi connectivity index (χ3n) is 5.84. The highest BCUT2D eigenvalue weighted by atomic mass is 35.5. The Hall–Kier alpha value is -2.09. The van der Waals surface area contributed by atoms with E-state index in [1.54, 1.807) is 6.92 Å². The Morgan fingerprint density at radius 2 is 1.81 bits per heavy atom. The van der Waals surface area contributed by atoms with Crippen molar-refractivity contribution in [1.82, 2.24) is 4.90 Å². The molecular formula is C23H28ClN3O3S. The van der Waals surface area contributed by atoms with E-state index in [9.17, 15) is 9.59 Å². The second-order valence-electron chi connectivity index (χ2n) is 7.92. The number of benzene rings is 1. The van der Waals surface area contributed by atoms with Gasteiger partial charge >= 0.3 is 5.97 Å². The number of nitrogens with zero attached hydrogens (tertiary/aromatic N) is 2. The monoisotopic (exact) mass is 461 g/mol. The molecule has 0 bridgehead atoms. The van der Waals surface area contributed by atoms with Crippen molar-refractivity contribution in [3.8, 4) is 0 Å². The summed E-state index contributed by atoms with van der Waals surface area (Å²) in [6, 6.07) is 7.86. The van der Waals surface area contributed by atoms with Crippen LogP contribution >= 0.6 is 22.9 Å². The van der Waals surface area contributed by atoms with Gasteiger partial charge in [-0.25, -0.2) is 4.79 Å². The van der Waals surface area contributed by atoms with E-state index in [2.05, 4.69) is 15.1 Å². The van der Waals surface area contributed by atoms with Gasteiger partial charge in [-0.15, -0.1) is 11.3 Å². The number of nitrogens with one attached hydrogen (secondary N) is 1. The maximum atomic E-state index is 12.8. The summed E-state index contributed by atoms with van der Waals surface area (Å²) in [5, 5.41) is 4.39. The van der Waals surface area contributed by atoms with Crippen molar-refractivity contribution < 1.29 is 14.3 Å². The van der Waals surface area contributed by atoms with E-state index in [0.717, 1.165) is 68.1 Å². The van der Waals surface area contributed by atoms with Gasteiger partial charge in [0.25, 0.3) is 0 Å². The van der Waals surface area contributed by atoms with Crippen LogP contribution in [0.3, 0.4) is 0 Å². The number of thiophene rings is 1. The first kappa shape index (κ1) is 22.1. The van der Waals surface area contributed by atoms with E-state index >= 15 is 0 Å². The van der Waals surface area contributed by atoms with E-state index < -0.39 is 0 Å². The van der Waals surface area contributed by atoms with Crippen LogP contribution < -0.4 is 10.2 Å². The van der Waals surface area contributed by atoms with Crippen LogP contribution in [0.5, 0.6) is 0 Å². The number of hydrogen-bond acceptors (Lipinski definition) is 6. The van der Waals surface area contributed by atoms with E-state index in [4.69, 9.17) is 16.3 Å². The molecule has 1 aromatic heterocycles. The van der Waals surface area contributed by atoms with Crippen LogP contribution in [0.1, 0.15) is 40.6 Å². The molecule has 0 atom stereocenters. The highest BCUT2D eigenvalue weighted by molar-refractivity contribution is 7.17. The summed E-state index contributed by atoms with van der Waals surface area (Å²) >= 11 is 7.51. The van der Waals surface area contributed by atoms with Gasteiger partial charge < -0.3 is 15.0 Å². The number of rotatable bonds is 6. The number of hydrogen-bond donors (Lipinski definition) is 1. The summed E-state index contributed by atoms with van der Waals surface area (Å²) in [7, 11) is 0. The number of carbonyl (C=O) groups is 2. The lowest BCUT2D eigenvalue weighted by atomic mass is 9.95. The van der Waals surface area contributed by atoms with Gasteiger partial charge in [0.05, 0.1) is 18.7 Å². The molecule has 1 aliphatic carbocycles. The minimum atomic E-state index is -0.325. The maximum absolute atomic E-state index is 12.8. The first-order valence-corrected chi connectivity index (χ1v) is 12.1. The van der Waals surface area contributed by atoms with Crippen molar-refractivity contribution in [1.29, 1.82) is 0 Å². The molecule has 0 saturated carbocycles. The zero-order chi connectivity index (χ0) is 21.8. The van der Waals surface area contributed by atoms with Crippen molar-refractivity contribution in [3.05, 3.63) is 45.3 Å². The number of piperazine rings is 1. The Balaban J connectivity index is 1.36. The predicted molar refractivity (Wildman–Crippen MR) is 126 cm³/mol. The second-order valence-corrected chi connectivity index (χ2v) is 9.46. The fraction of sp³-hybridized carbons (Fsp3) is 0.478. The summed E-state index contributed by atoms with van der Waals surface area (Å²) in [5.41, 5.74) is 2.79. The molecule has 8 heteroatoms. The molecule has 2 aromatic rings. The van der Waals surface area contributed by atoms with Crippen LogP contribution in [0, 0.1) is 0 Å². The van der Waals surface area contributed by atoms with Gasteiger partial charge in [0.15, 0.2) is 0 Å². The molecule has 1 amide bonds. The smallest absolute Gasteiger partial charge is 0.341 e. The van der Waals surface area contributed by atoms with Gasteiger partial charge in [-0.2, -0.15) is 0 Å². The second kappa shape index (κ2) is 10.0. The minimum absolute atomic E-state index is 0.0795. The molecule has 1 saturated heterocycles. The van der Waals surface area contributed by atoms with Crippen LogP contribution in [0.2, 0.25) is 5.02 Å². The minimum Gasteiger partial charge on any atom is -0.462 e. The first-order chi connectivity index (χ1) is 15.0. The largest absolute Gasteiger partial charge is 0.462 e. The molecule has 0 radical (unpaired) electrons. The molecular weight excluding hydrogens is 434 g/mol. The number of carbonyl (C=O) groups excluding carboxylic acids is 2. The lowest BCUT2D eigenvalue weighted by Crippen LogP contribution is -2.48. The zero-order valence-electron chi connectivity index (χ0n) is 17.8. The molecule has 4 rings (SSSR count). The van der Waals surface area contributed by atoms with Crippen molar-refractivity contribution in [3.63, 3.8) is 0 Å². The number of fused-ring (bicyclic) bond motifs is 1. The fourth-order valence-electron chi connectivity index (χ4n) is 4.26. The number of ether oxygens (including phenoxy) is 1. The van der Waals surface area contributed by atoms with Crippen LogP contribution in [-0.2, 0) is 22.4 Å². The third kappa shape index (κ3) is 5.22. The van der Waals surface area contributed by atoms with Crippen LogP contribution in [-0.4, -0.2) is 56.1 Å². The van der Waals surface area contributed by atoms with Crippen molar-refractivity contribution in [2.75, 3.05) is 49.5 Å². The van der Waals surface area contributed by atoms with Gasteiger partial charge in [-0.3, -0.25) is 9.69 Å². The molecule has 1 N–H and O–H groups in total. The lowest BCUT2D eigenvalue weighted by Gasteiger charge is -2.35. The molecule has 1 aliphatic heterocycles. The van der Waals surface area contributed by atoms with Crippen LogP contribution in [0.25, 0.3) is 0 Å². The molecule has 0 unspecified atom stereocenters. The normalized spacial score (nSPS) is 16.6. The van der Waals surface area contributed by atoms with Crippen molar-refractivity contribution in [2.45, 2.75) is 32.6 Å². The summed E-state index contributed by atoms with van der Waals surface area (Å²) in [6.45, 7) is 5.78. The van der Waals surface area contributed by atoms with Gasteiger partial charge in [0.2, 0.25) is 5.91 Å². The highest BCUT2D eigenvalue weighted by Crippen LogP contribution is 2.38. The van der Waals surface area contributed by atoms with Gasteiger partial charge in [0, 0.05) is 41.8 Å². The first-order valence-electron chi connectivity index (χ1n) is 10.9. The molecule has 1 fully saturated rings. The van der Waals surface area contributed by atoms with Crippen LogP contribution in [0.4, 0.5) is 10.7 Å². The number of esters is 1. The van der Waals surface area contributed by atoms with Crippen molar-refractivity contribution in [2.24, 2.45) is 0 Å². The maximum Gasteiger partial charge on any atom is 0.341 e. The van der Waals surface area contributed by atoms with Gasteiger partial charge in [-0.05, 0) is 62.4 Å². The molecule has 0 spiro atoms. The van der Waals surface area contributed by atoms with E-state index in [1.807, 2.05) is 24.3 Å². The number of halogens is 1. The quantitative estimate of drug-likeness (QED) is 0.652. The summed E-state index contributed by atoms with van der Waals surface area (Å²) < 4.78 is 5.28. The molecule has 2 aliphatic rings. The standard InChI is InChI=1S/C23H28ClN3O3S/c1-2-30-23(29)21-18-5-3-4-6-19(18)31-22(21)25-20(28)15-26-11-13-27(14-12-26)17-9-7-16(24)8-10-17/h7-10H,2-6,11-15H2,1H3,(H,25,28). The Kier molecular flexibility index (Phi) is 7.15. The predicted octanol–water partition coefficient (Wildman–Crippen LogP) is 4.22. The molecule has 166 valence electrons. The third-order valence-corrected chi connectivity index (χ3v) is 7.29. The summed E-state index contributed by atoms with van der Waals surface area (Å²) in [5.74, 6) is -0.405. The SMILES string of the molecule is CCOC(=O)c1c(NC(=O)CN2CCN(c3ccc(Cl)cc3)CC2)sc2c1CCCC2. The van der Waals surface area contributed by atoms with Gasteiger partial charge in [0.1, 0.15) is 5.00 Å². The summed E-state index contributed by atoms with van der Waals surface area (Å²) in [4.78, 5) is 31.0. The Labute approximate surface area is 192 Å². The molecule has 2 heterocycles. The zero-order valence-corrected chi connectivity index (χ0v) is 19.4. The lowest BCUT2D eigenvalue weighted by molar-refractivity contribution is -0.117. The van der Waals surface area contributed by atoms with E-state index in [-0.39, 0.29) is 11.9 Å². The molecule has 6 nitrogen and oxygen atoms in total. The average molecular weight is 462 g/mol. The van der Waals surface area contributed by atoms with Crippen molar-refractivity contribution >= 4 is 45.5 Å². The van der Waals surface area contributed by atoms with Crippen LogP contribution in [0.15, 0.2) is 24.3 Å². The number of aryl methyl sites for hydroxylation is 1. The van der Waals surface area contributed by atoms with E-state index in [1.165, 1.54) is 16.2 Å².